The molecule has 0 bridgehead atoms. The van der Waals surface area contributed by atoms with Crippen LogP contribution in [-0.2, 0) is 4.79 Å². The van der Waals surface area contributed by atoms with E-state index in [4.69, 9.17) is 14.2 Å². The number of ether oxygens (including phenoxy) is 3. The van der Waals surface area contributed by atoms with Crippen LogP contribution >= 0.6 is 0 Å². The average molecular weight is 355 g/mol. The topological polar surface area (TPSA) is 77.0 Å². The maximum Gasteiger partial charge on any atom is 0.225 e. The number of hydrogen-bond donors (Lipinski definition) is 2. The molecule has 6 heteroatoms. The quantitative estimate of drug-likeness (QED) is 0.864. The number of rotatable bonds is 2. The lowest BCUT2D eigenvalue weighted by Gasteiger charge is -2.28. The molecular formula is C20H21NO5. The fourth-order valence-electron chi connectivity index (χ4n) is 3.54. The Hall–Kier alpha value is -2.89. The van der Waals surface area contributed by atoms with E-state index in [1.54, 1.807) is 13.2 Å². The van der Waals surface area contributed by atoms with Gasteiger partial charge in [-0.1, -0.05) is 0 Å². The highest BCUT2D eigenvalue weighted by Gasteiger charge is 2.31. The minimum atomic E-state index is -0.190. The number of aromatic hydroxyl groups is 1. The first kappa shape index (κ1) is 16.6. The Kier molecular flexibility index (Phi) is 4.11. The highest BCUT2D eigenvalue weighted by Crippen LogP contribution is 2.46. The van der Waals surface area contributed by atoms with Gasteiger partial charge in [-0.05, 0) is 30.2 Å². The van der Waals surface area contributed by atoms with Gasteiger partial charge in [-0.15, -0.1) is 0 Å². The van der Waals surface area contributed by atoms with Gasteiger partial charge in [0.05, 0.1) is 20.3 Å². The van der Waals surface area contributed by atoms with Crippen molar-refractivity contribution in [1.82, 2.24) is 0 Å². The van der Waals surface area contributed by atoms with Crippen LogP contribution in [0.1, 0.15) is 35.4 Å². The average Bonchev–Trinajstić information content (AvgIpc) is 2.86. The number of aryl methyl sites for hydroxylation is 1. The molecule has 0 unspecified atom stereocenters. The first-order valence-electron chi connectivity index (χ1n) is 8.67. The van der Waals surface area contributed by atoms with Crippen LogP contribution in [0.15, 0.2) is 24.3 Å². The predicted octanol–water partition coefficient (Wildman–Crippen LogP) is 3.34. The molecule has 4 rings (SSSR count). The molecule has 1 amide bonds. The van der Waals surface area contributed by atoms with Crippen LogP contribution in [0.2, 0.25) is 0 Å². The first-order chi connectivity index (χ1) is 12.6. The number of phenols is 1. The van der Waals surface area contributed by atoms with Crippen LogP contribution in [0.25, 0.3) is 0 Å². The summed E-state index contributed by atoms with van der Waals surface area (Å²) < 4.78 is 17.2. The Balaban J connectivity index is 1.86. The first-order valence-corrected chi connectivity index (χ1v) is 8.67. The van der Waals surface area contributed by atoms with Gasteiger partial charge >= 0.3 is 0 Å². The van der Waals surface area contributed by atoms with Gasteiger partial charge in [-0.3, -0.25) is 4.79 Å². The second-order valence-corrected chi connectivity index (χ2v) is 6.62. The molecule has 0 saturated heterocycles. The van der Waals surface area contributed by atoms with E-state index in [1.807, 2.05) is 25.1 Å². The maximum absolute atomic E-state index is 12.3. The fourth-order valence-corrected chi connectivity index (χ4v) is 3.54. The van der Waals surface area contributed by atoms with Crippen LogP contribution < -0.4 is 19.5 Å². The van der Waals surface area contributed by atoms with E-state index in [-0.39, 0.29) is 17.6 Å². The Bertz CT molecular complexity index is 877. The molecule has 2 aromatic carbocycles. The summed E-state index contributed by atoms with van der Waals surface area (Å²) in [6.45, 7) is 3.03. The molecule has 2 heterocycles. The molecule has 26 heavy (non-hydrogen) atoms. The zero-order valence-electron chi connectivity index (χ0n) is 14.8. The molecular weight excluding hydrogens is 334 g/mol. The molecule has 136 valence electrons. The lowest BCUT2D eigenvalue weighted by molar-refractivity contribution is -0.116. The summed E-state index contributed by atoms with van der Waals surface area (Å²) in [6, 6.07) is 7.26. The van der Waals surface area contributed by atoms with E-state index in [1.165, 1.54) is 0 Å². The van der Waals surface area contributed by atoms with E-state index < -0.39 is 0 Å². The number of benzene rings is 2. The van der Waals surface area contributed by atoms with Crippen molar-refractivity contribution in [3.8, 4) is 23.0 Å². The van der Waals surface area contributed by atoms with Crippen LogP contribution in [0.3, 0.4) is 0 Å². The molecule has 0 fully saturated rings. The monoisotopic (exact) mass is 355 g/mol. The molecule has 2 aromatic rings. The number of amides is 1. The number of phenolic OH excluding ortho intramolecular Hbond substituents is 1. The predicted molar refractivity (Wildman–Crippen MR) is 96.5 cm³/mol. The second kappa shape index (κ2) is 6.44. The van der Waals surface area contributed by atoms with Crippen molar-refractivity contribution in [2.75, 3.05) is 25.6 Å². The van der Waals surface area contributed by atoms with Gasteiger partial charge in [0.2, 0.25) is 5.91 Å². The van der Waals surface area contributed by atoms with Gasteiger partial charge in [0.25, 0.3) is 0 Å². The van der Waals surface area contributed by atoms with E-state index in [0.29, 0.717) is 42.6 Å². The summed E-state index contributed by atoms with van der Waals surface area (Å²) in [5, 5.41) is 12.8. The third kappa shape index (κ3) is 2.81. The fraction of sp³-hybridized carbons (Fsp3) is 0.350. The molecule has 6 nitrogen and oxygen atoms in total. The summed E-state index contributed by atoms with van der Waals surface area (Å²) in [5.74, 6) is 1.86. The van der Waals surface area contributed by atoms with Crippen molar-refractivity contribution in [1.29, 1.82) is 0 Å². The zero-order chi connectivity index (χ0) is 18.3. The largest absolute Gasteiger partial charge is 0.508 e. The number of carbonyl (C=O) groups is 1. The van der Waals surface area contributed by atoms with Gasteiger partial charge in [0.1, 0.15) is 11.5 Å². The molecule has 2 aliphatic rings. The third-order valence-electron chi connectivity index (χ3n) is 4.88. The van der Waals surface area contributed by atoms with Gasteiger partial charge in [-0.2, -0.15) is 0 Å². The van der Waals surface area contributed by atoms with Crippen molar-refractivity contribution in [2.45, 2.75) is 25.7 Å². The molecule has 0 aromatic heterocycles. The lowest BCUT2D eigenvalue weighted by atomic mass is 9.83. The van der Waals surface area contributed by atoms with Crippen LogP contribution in [0.4, 0.5) is 5.69 Å². The molecule has 0 saturated carbocycles. The highest BCUT2D eigenvalue weighted by molar-refractivity contribution is 5.96. The summed E-state index contributed by atoms with van der Waals surface area (Å²) in [7, 11) is 1.61. The van der Waals surface area contributed by atoms with Gasteiger partial charge in [-0.25, -0.2) is 0 Å². The summed E-state index contributed by atoms with van der Waals surface area (Å²) in [5.41, 5.74) is 3.22. The molecule has 1 atom stereocenters. The second-order valence-electron chi connectivity index (χ2n) is 6.62. The maximum atomic E-state index is 12.3. The highest BCUT2D eigenvalue weighted by atomic mass is 16.5. The third-order valence-corrected chi connectivity index (χ3v) is 4.88. The standard InChI is InChI=1S/C20H21NO5/c1-11-6-13-12(8-20(23)21-15(13)9-16(11)22)14-7-18-19(10-17(14)24-2)26-5-3-4-25-18/h6-7,9-10,12,22H,3-5,8H2,1-2H3,(H,21,23)/t12-/m1/s1. The summed E-state index contributed by atoms with van der Waals surface area (Å²) >= 11 is 0. The molecule has 2 N–H and O–H groups in total. The number of methoxy groups -OCH3 is 1. The van der Waals surface area contributed by atoms with Crippen molar-refractivity contribution in [2.24, 2.45) is 0 Å². The number of anilines is 1. The van der Waals surface area contributed by atoms with Gasteiger partial charge < -0.3 is 24.6 Å². The van der Waals surface area contributed by atoms with Crippen molar-refractivity contribution < 1.29 is 24.1 Å². The van der Waals surface area contributed by atoms with Crippen molar-refractivity contribution in [3.05, 3.63) is 41.0 Å². The van der Waals surface area contributed by atoms with Crippen LogP contribution in [0, 0.1) is 6.92 Å². The summed E-state index contributed by atoms with van der Waals surface area (Å²) in [4.78, 5) is 12.3. The SMILES string of the molecule is COc1cc2c(cc1[C@@H]1CC(=O)Nc3cc(O)c(C)cc31)OCCCO2. The van der Waals surface area contributed by atoms with E-state index in [9.17, 15) is 9.90 Å². The smallest absolute Gasteiger partial charge is 0.225 e. The molecule has 2 aliphatic heterocycles. The number of nitrogens with one attached hydrogen (secondary N) is 1. The van der Waals surface area contributed by atoms with Crippen molar-refractivity contribution >= 4 is 11.6 Å². The van der Waals surface area contributed by atoms with Gasteiger partial charge in [0.15, 0.2) is 11.5 Å². The molecule has 0 radical (unpaired) electrons. The Morgan fingerprint density at radius 3 is 2.58 bits per heavy atom. The van der Waals surface area contributed by atoms with Crippen molar-refractivity contribution in [3.63, 3.8) is 0 Å². The number of fused-ring (bicyclic) bond motifs is 2. The zero-order valence-corrected chi connectivity index (χ0v) is 14.8. The number of hydrogen-bond acceptors (Lipinski definition) is 5. The summed E-state index contributed by atoms with van der Waals surface area (Å²) in [6.07, 6.45) is 1.12. The van der Waals surface area contributed by atoms with Crippen LogP contribution in [0.5, 0.6) is 23.0 Å². The Labute approximate surface area is 151 Å². The normalized spacial score (nSPS) is 18.5. The number of carbonyl (C=O) groups excluding carboxylic acids is 1. The van der Waals surface area contributed by atoms with Gasteiger partial charge in [0, 0.05) is 42.1 Å². The van der Waals surface area contributed by atoms with E-state index in [2.05, 4.69) is 5.32 Å². The minimum Gasteiger partial charge on any atom is -0.508 e. The minimum absolute atomic E-state index is 0.0973. The lowest BCUT2D eigenvalue weighted by Crippen LogP contribution is -2.24. The van der Waals surface area contributed by atoms with Crippen LogP contribution in [-0.4, -0.2) is 31.3 Å². The Morgan fingerprint density at radius 2 is 1.85 bits per heavy atom. The Morgan fingerprint density at radius 1 is 1.12 bits per heavy atom. The molecule has 0 spiro atoms. The van der Waals surface area contributed by atoms with E-state index >= 15 is 0 Å². The van der Waals surface area contributed by atoms with E-state index in [0.717, 1.165) is 23.1 Å². The molecule has 0 aliphatic carbocycles.